The van der Waals surface area contributed by atoms with Gasteiger partial charge in [0.15, 0.2) is 0 Å². The maximum absolute atomic E-state index is 12.9. The fourth-order valence-electron chi connectivity index (χ4n) is 2.89. The van der Waals surface area contributed by atoms with Crippen molar-refractivity contribution in [3.05, 3.63) is 64.7 Å². The molecule has 1 fully saturated rings. The molecular formula is C17H18ClNO2S. The van der Waals surface area contributed by atoms with E-state index < -0.39 is 10.0 Å². The molecule has 0 radical (unpaired) electrons. The molecule has 1 aliphatic heterocycles. The lowest BCUT2D eigenvalue weighted by molar-refractivity contribution is 0.396. The molecule has 0 aromatic heterocycles. The second-order valence-electron chi connectivity index (χ2n) is 5.64. The molecule has 5 heteroatoms. The molecule has 0 bridgehead atoms. The number of hydrogen-bond acceptors (Lipinski definition) is 2. The van der Waals surface area contributed by atoms with Crippen molar-refractivity contribution in [2.45, 2.75) is 30.7 Å². The Labute approximate surface area is 136 Å². The molecular weight excluding hydrogens is 318 g/mol. The molecule has 2 aromatic rings. The molecule has 1 atom stereocenters. The van der Waals surface area contributed by atoms with Gasteiger partial charge in [-0.15, -0.1) is 0 Å². The van der Waals surface area contributed by atoms with Gasteiger partial charge in [-0.2, -0.15) is 4.31 Å². The van der Waals surface area contributed by atoms with Crippen LogP contribution in [0.2, 0.25) is 5.02 Å². The van der Waals surface area contributed by atoms with Crippen molar-refractivity contribution in [2.75, 3.05) is 6.54 Å². The third-order valence-electron chi connectivity index (χ3n) is 4.09. The summed E-state index contributed by atoms with van der Waals surface area (Å²) in [7, 11) is -3.46. The molecule has 22 heavy (non-hydrogen) atoms. The van der Waals surface area contributed by atoms with Crippen molar-refractivity contribution >= 4 is 21.6 Å². The molecule has 1 saturated heterocycles. The molecule has 0 aliphatic carbocycles. The maximum Gasteiger partial charge on any atom is 0.243 e. The Bertz CT molecular complexity index is 754. The zero-order chi connectivity index (χ0) is 15.7. The minimum Gasteiger partial charge on any atom is -0.207 e. The largest absolute Gasteiger partial charge is 0.243 e. The van der Waals surface area contributed by atoms with E-state index in [1.165, 1.54) is 0 Å². The minimum absolute atomic E-state index is 0.108. The second kappa shape index (κ2) is 6.03. The number of hydrogen-bond donors (Lipinski definition) is 0. The number of nitrogens with zero attached hydrogens (tertiary/aromatic N) is 1. The number of sulfonamides is 1. The first-order valence-corrected chi connectivity index (χ1v) is 9.14. The molecule has 0 spiro atoms. The summed E-state index contributed by atoms with van der Waals surface area (Å²) >= 11 is 5.92. The average molecular weight is 336 g/mol. The average Bonchev–Trinajstić information content (AvgIpc) is 2.99. The third kappa shape index (κ3) is 2.91. The molecule has 0 amide bonds. The van der Waals surface area contributed by atoms with Crippen LogP contribution in [0.3, 0.4) is 0 Å². The van der Waals surface area contributed by atoms with Gasteiger partial charge in [-0.3, -0.25) is 0 Å². The molecule has 0 N–H and O–H groups in total. The molecule has 0 saturated carbocycles. The van der Waals surface area contributed by atoms with Crippen molar-refractivity contribution in [3.8, 4) is 0 Å². The summed E-state index contributed by atoms with van der Waals surface area (Å²) in [5.41, 5.74) is 2.05. The number of aryl methyl sites for hydroxylation is 1. The highest BCUT2D eigenvalue weighted by molar-refractivity contribution is 7.89. The molecule has 0 unspecified atom stereocenters. The zero-order valence-corrected chi connectivity index (χ0v) is 13.9. The molecule has 1 aliphatic rings. The van der Waals surface area contributed by atoms with Crippen molar-refractivity contribution in [1.29, 1.82) is 0 Å². The van der Waals surface area contributed by atoms with Crippen molar-refractivity contribution < 1.29 is 8.42 Å². The first kappa shape index (κ1) is 15.5. The van der Waals surface area contributed by atoms with E-state index in [1.54, 1.807) is 16.4 Å². The van der Waals surface area contributed by atoms with Crippen LogP contribution in [0.4, 0.5) is 0 Å². The van der Waals surface area contributed by atoms with Gasteiger partial charge in [-0.1, -0.05) is 41.4 Å². The molecule has 1 heterocycles. The Morgan fingerprint density at radius 3 is 2.32 bits per heavy atom. The SMILES string of the molecule is Cc1ccc(S(=O)(=O)N2CCC[C@@H]2c2ccc(Cl)cc2)cc1. The molecule has 2 aromatic carbocycles. The summed E-state index contributed by atoms with van der Waals surface area (Å²) in [6, 6.07) is 14.4. The van der Waals surface area contributed by atoms with E-state index in [0.717, 1.165) is 24.0 Å². The van der Waals surface area contributed by atoms with Gasteiger partial charge in [0, 0.05) is 11.6 Å². The summed E-state index contributed by atoms with van der Waals surface area (Å²) < 4.78 is 27.4. The summed E-state index contributed by atoms with van der Waals surface area (Å²) in [5.74, 6) is 0. The Morgan fingerprint density at radius 1 is 1.05 bits per heavy atom. The fraction of sp³-hybridized carbons (Fsp3) is 0.294. The Morgan fingerprint density at radius 2 is 1.68 bits per heavy atom. The minimum atomic E-state index is -3.46. The van der Waals surface area contributed by atoms with Crippen LogP contribution in [0.15, 0.2) is 53.4 Å². The van der Waals surface area contributed by atoms with Crippen LogP contribution in [0.25, 0.3) is 0 Å². The summed E-state index contributed by atoms with van der Waals surface area (Å²) in [6.07, 6.45) is 1.71. The lowest BCUT2D eigenvalue weighted by Gasteiger charge is -2.24. The van der Waals surface area contributed by atoms with Crippen LogP contribution in [0.5, 0.6) is 0 Å². The first-order chi connectivity index (χ1) is 10.5. The monoisotopic (exact) mass is 335 g/mol. The lowest BCUT2D eigenvalue weighted by atomic mass is 10.1. The second-order valence-corrected chi connectivity index (χ2v) is 7.97. The van der Waals surface area contributed by atoms with Crippen molar-refractivity contribution in [1.82, 2.24) is 4.31 Å². The molecule has 3 rings (SSSR count). The van der Waals surface area contributed by atoms with E-state index in [-0.39, 0.29) is 6.04 Å². The summed E-state index contributed by atoms with van der Waals surface area (Å²) in [6.45, 7) is 2.51. The van der Waals surface area contributed by atoms with Gasteiger partial charge in [0.2, 0.25) is 10.0 Å². The van der Waals surface area contributed by atoms with E-state index >= 15 is 0 Å². The number of benzene rings is 2. The Balaban J connectivity index is 1.95. The molecule has 116 valence electrons. The van der Waals surface area contributed by atoms with Gasteiger partial charge >= 0.3 is 0 Å². The topological polar surface area (TPSA) is 37.4 Å². The van der Waals surface area contributed by atoms with Gasteiger partial charge in [0.25, 0.3) is 0 Å². The highest BCUT2D eigenvalue weighted by atomic mass is 35.5. The standard InChI is InChI=1S/C17H18ClNO2S/c1-13-4-10-16(11-5-13)22(20,21)19-12-2-3-17(19)14-6-8-15(18)9-7-14/h4-11,17H,2-3,12H2,1H3/t17-/m1/s1. The van der Waals surface area contributed by atoms with E-state index in [2.05, 4.69) is 0 Å². The number of halogens is 1. The van der Waals surface area contributed by atoms with Crippen LogP contribution in [0.1, 0.15) is 30.0 Å². The van der Waals surface area contributed by atoms with Gasteiger partial charge < -0.3 is 0 Å². The number of rotatable bonds is 3. The normalized spacial score (nSPS) is 19.5. The summed E-state index contributed by atoms with van der Waals surface area (Å²) in [4.78, 5) is 0.360. The van der Waals surface area contributed by atoms with E-state index in [0.29, 0.717) is 16.5 Å². The third-order valence-corrected chi connectivity index (χ3v) is 6.26. The van der Waals surface area contributed by atoms with Crippen LogP contribution < -0.4 is 0 Å². The van der Waals surface area contributed by atoms with Crippen LogP contribution in [0, 0.1) is 6.92 Å². The van der Waals surface area contributed by atoms with Gasteiger partial charge in [-0.05, 0) is 49.6 Å². The van der Waals surface area contributed by atoms with Gasteiger partial charge in [0.1, 0.15) is 0 Å². The van der Waals surface area contributed by atoms with Crippen LogP contribution >= 0.6 is 11.6 Å². The van der Waals surface area contributed by atoms with Crippen LogP contribution in [-0.4, -0.2) is 19.3 Å². The molecule has 3 nitrogen and oxygen atoms in total. The van der Waals surface area contributed by atoms with Crippen LogP contribution in [-0.2, 0) is 10.0 Å². The first-order valence-electron chi connectivity index (χ1n) is 7.32. The fourth-order valence-corrected chi connectivity index (χ4v) is 4.70. The predicted octanol–water partition coefficient (Wildman–Crippen LogP) is 4.17. The quantitative estimate of drug-likeness (QED) is 0.844. The Hall–Kier alpha value is -1.36. The van der Waals surface area contributed by atoms with Crippen molar-refractivity contribution in [3.63, 3.8) is 0 Å². The van der Waals surface area contributed by atoms with E-state index in [1.807, 2.05) is 43.3 Å². The Kier molecular flexibility index (Phi) is 4.26. The summed E-state index contributed by atoms with van der Waals surface area (Å²) in [5, 5.41) is 0.662. The maximum atomic E-state index is 12.9. The van der Waals surface area contributed by atoms with Gasteiger partial charge in [-0.25, -0.2) is 8.42 Å². The van der Waals surface area contributed by atoms with Gasteiger partial charge in [0.05, 0.1) is 10.9 Å². The zero-order valence-electron chi connectivity index (χ0n) is 12.4. The van der Waals surface area contributed by atoms with E-state index in [9.17, 15) is 8.42 Å². The lowest BCUT2D eigenvalue weighted by Crippen LogP contribution is -2.30. The highest BCUT2D eigenvalue weighted by Crippen LogP contribution is 2.36. The van der Waals surface area contributed by atoms with Crippen molar-refractivity contribution in [2.24, 2.45) is 0 Å². The van der Waals surface area contributed by atoms with E-state index in [4.69, 9.17) is 11.6 Å². The highest BCUT2D eigenvalue weighted by Gasteiger charge is 2.35. The predicted molar refractivity (Wildman–Crippen MR) is 88.5 cm³/mol. The smallest absolute Gasteiger partial charge is 0.207 e.